The van der Waals surface area contributed by atoms with Gasteiger partial charge in [-0.15, -0.1) is 0 Å². The highest BCUT2D eigenvalue weighted by molar-refractivity contribution is 6.09. The molecule has 0 saturated heterocycles. The van der Waals surface area contributed by atoms with E-state index in [1.165, 1.54) is 18.2 Å². The molecule has 6 heteroatoms. The van der Waals surface area contributed by atoms with Crippen LogP contribution in [0, 0.1) is 10.1 Å². The van der Waals surface area contributed by atoms with Crippen LogP contribution in [0.4, 0.5) is 11.4 Å². The number of nitro benzene ring substituents is 1. The summed E-state index contributed by atoms with van der Waals surface area (Å²) in [5.74, 6) is -0.263. The van der Waals surface area contributed by atoms with Crippen LogP contribution in [0.5, 0.6) is 0 Å². The second kappa shape index (κ2) is 6.33. The van der Waals surface area contributed by atoms with E-state index in [-0.39, 0.29) is 18.0 Å². The zero-order valence-corrected chi connectivity index (χ0v) is 13.6. The van der Waals surface area contributed by atoms with Crippen LogP contribution in [0.3, 0.4) is 0 Å². The molecule has 26 heavy (non-hydrogen) atoms. The average molecular weight is 346 g/mol. The Bertz CT molecular complexity index is 1150. The molecule has 0 aliphatic carbocycles. The molecule has 4 aromatic rings. The van der Waals surface area contributed by atoms with E-state index in [9.17, 15) is 14.9 Å². The predicted octanol–water partition coefficient (Wildman–Crippen LogP) is 4.68. The number of non-ortho nitro benzene ring substituents is 1. The van der Waals surface area contributed by atoms with Gasteiger partial charge in [0.25, 0.3) is 5.69 Å². The zero-order valence-electron chi connectivity index (χ0n) is 13.6. The van der Waals surface area contributed by atoms with Gasteiger partial charge >= 0.3 is 0 Å². The van der Waals surface area contributed by atoms with Crippen molar-refractivity contribution in [3.8, 4) is 0 Å². The van der Waals surface area contributed by atoms with Crippen molar-refractivity contribution in [2.45, 2.75) is 6.42 Å². The summed E-state index contributed by atoms with van der Waals surface area (Å²) in [6.45, 7) is 0. The maximum absolute atomic E-state index is 12.4. The second-order valence-electron chi connectivity index (χ2n) is 5.95. The third-order valence-electron chi connectivity index (χ3n) is 4.23. The fourth-order valence-corrected chi connectivity index (χ4v) is 3.08. The number of anilines is 1. The summed E-state index contributed by atoms with van der Waals surface area (Å²) in [6.07, 6.45) is 1.70. The molecule has 1 N–H and O–H groups in total. The maximum atomic E-state index is 12.4. The summed E-state index contributed by atoms with van der Waals surface area (Å²) >= 11 is 0. The molecule has 4 rings (SSSR count). The quantitative estimate of drug-likeness (QED) is 0.429. The Morgan fingerprint density at radius 2 is 1.92 bits per heavy atom. The van der Waals surface area contributed by atoms with E-state index in [4.69, 9.17) is 4.42 Å². The number of hydrogen-bond donors (Lipinski definition) is 1. The molecule has 0 aliphatic rings. The molecular formula is C20H14N2O4. The summed E-state index contributed by atoms with van der Waals surface area (Å²) in [5, 5.41) is 16.6. The van der Waals surface area contributed by atoms with Crippen molar-refractivity contribution in [1.29, 1.82) is 0 Å². The van der Waals surface area contributed by atoms with E-state index < -0.39 is 4.92 Å². The number of benzene rings is 3. The average Bonchev–Trinajstić information content (AvgIpc) is 3.05. The Kier molecular flexibility index (Phi) is 3.85. The van der Waals surface area contributed by atoms with Crippen LogP contribution in [0.2, 0.25) is 0 Å². The molecule has 0 bridgehead atoms. The van der Waals surface area contributed by atoms with Crippen molar-refractivity contribution in [2.24, 2.45) is 0 Å². The Hall–Kier alpha value is -3.67. The summed E-state index contributed by atoms with van der Waals surface area (Å²) in [5.41, 5.74) is 1.82. The lowest BCUT2D eigenvalue weighted by molar-refractivity contribution is -0.384. The molecule has 0 atom stereocenters. The van der Waals surface area contributed by atoms with E-state index in [2.05, 4.69) is 5.32 Å². The molecule has 128 valence electrons. The van der Waals surface area contributed by atoms with Gasteiger partial charge < -0.3 is 9.73 Å². The molecule has 0 fully saturated rings. The minimum Gasteiger partial charge on any atom is -0.464 e. The zero-order chi connectivity index (χ0) is 18.1. The number of carbonyl (C=O) groups excluding carboxylic acids is 1. The van der Waals surface area contributed by atoms with Gasteiger partial charge in [-0.05, 0) is 22.9 Å². The first-order valence-corrected chi connectivity index (χ1v) is 8.04. The Morgan fingerprint density at radius 1 is 1.08 bits per heavy atom. The van der Waals surface area contributed by atoms with E-state index in [1.807, 2.05) is 36.4 Å². The summed E-state index contributed by atoms with van der Waals surface area (Å²) in [6, 6.07) is 17.6. The van der Waals surface area contributed by atoms with Crippen molar-refractivity contribution in [2.75, 3.05) is 5.32 Å². The molecule has 0 saturated carbocycles. The molecule has 3 aromatic carbocycles. The number of amides is 1. The lowest BCUT2D eigenvalue weighted by atomic mass is 10.0. The van der Waals surface area contributed by atoms with Crippen molar-refractivity contribution < 1.29 is 14.1 Å². The van der Waals surface area contributed by atoms with Crippen molar-refractivity contribution in [3.63, 3.8) is 0 Å². The van der Waals surface area contributed by atoms with Crippen LogP contribution in [0.1, 0.15) is 5.56 Å². The van der Waals surface area contributed by atoms with Gasteiger partial charge in [0, 0.05) is 28.8 Å². The lowest BCUT2D eigenvalue weighted by Gasteiger charge is -2.05. The fourth-order valence-electron chi connectivity index (χ4n) is 3.08. The number of nitro groups is 1. The molecule has 0 spiro atoms. The summed E-state index contributed by atoms with van der Waals surface area (Å²) < 4.78 is 5.59. The standard InChI is InChI=1S/C20H14N2O4/c23-19(21-15-5-3-6-16(11-15)22(24)25)10-14-12-26-18-9-8-13-4-1-2-7-17(13)20(14)18/h1-9,11-12H,10H2,(H,21,23). The topological polar surface area (TPSA) is 85.4 Å². The van der Waals surface area contributed by atoms with E-state index >= 15 is 0 Å². The smallest absolute Gasteiger partial charge is 0.271 e. The fraction of sp³-hybridized carbons (Fsp3) is 0.0500. The van der Waals surface area contributed by atoms with Gasteiger partial charge in [0.15, 0.2) is 0 Å². The first kappa shape index (κ1) is 15.8. The SMILES string of the molecule is O=C(Cc1coc2ccc3ccccc3c12)Nc1cccc([N+](=O)[O-])c1. The minimum atomic E-state index is -0.495. The number of nitrogens with zero attached hydrogens (tertiary/aromatic N) is 1. The highest BCUT2D eigenvalue weighted by atomic mass is 16.6. The summed E-state index contributed by atoms with van der Waals surface area (Å²) in [7, 11) is 0. The number of fused-ring (bicyclic) bond motifs is 3. The third-order valence-corrected chi connectivity index (χ3v) is 4.23. The van der Waals surface area contributed by atoms with Gasteiger partial charge in [-0.3, -0.25) is 14.9 Å². The summed E-state index contributed by atoms with van der Waals surface area (Å²) in [4.78, 5) is 22.8. The van der Waals surface area contributed by atoms with Gasteiger partial charge in [-0.1, -0.05) is 36.4 Å². The normalized spacial score (nSPS) is 10.9. The van der Waals surface area contributed by atoms with Gasteiger partial charge in [0.1, 0.15) is 5.58 Å². The van der Waals surface area contributed by atoms with Crippen LogP contribution in [-0.2, 0) is 11.2 Å². The molecule has 1 heterocycles. The van der Waals surface area contributed by atoms with E-state index in [1.54, 1.807) is 12.3 Å². The highest BCUT2D eigenvalue weighted by Gasteiger charge is 2.14. The second-order valence-corrected chi connectivity index (χ2v) is 5.95. The lowest BCUT2D eigenvalue weighted by Crippen LogP contribution is -2.14. The van der Waals surface area contributed by atoms with Gasteiger partial charge in [-0.25, -0.2) is 0 Å². The molecule has 0 radical (unpaired) electrons. The Balaban J connectivity index is 1.63. The van der Waals surface area contributed by atoms with Crippen LogP contribution in [-0.4, -0.2) is 10.8 Å². The Labute approximate surface area is 148 Å². The molecule has 1 amide bonds. The Morgan fingerprint density at radius 3 is 2.77 bits per heavy atom. The van der Waals surface area contributed by atoms with E-state index in [0.29, 0.717) is 5.69 Å². The third kappa shape index (κ3) is 2.88. The van der Waals surface area contributed by atoms with Gasteiger partial charge in [0.05, 0.1) is 17.6 Å². The number of furan rings is 1. The van der Waals surface area contributed by atoms with Crippen LogP contribution >= 0.6 is 0 Å². The molecule has 1 aromatic heterocycles. The first-order chi connectivity index (χ1) is 12.6. The predicted molar refractivity (Wildman–Crippen MR) is 99.2 cm³/mol. The van der Waals surface area contributed by atoms with E-state index in [0.717, 1.165) is 27.3 Å². The van der Waals surface area contributed by atoms with Crippen molar-refractivity contribution >= 4 is 39.0 Å². The van der Waals surface area contributed by atoms with Gasteiger partial charge in [-0.2, -0.15) is 0 Å². The number of rotatable bonds is 4. The molecule has 0 aliphatic heterocycles. The largest absolute Gasteiger partial charge is 0.464 e. The van der Waals surface area contributed by atoms with Crippen molar-refractivity contribution in [3.05, 3.63) is 82.6 Å². The van der Waals surface area contributed by atoms with Crippen molar-refractivity contribution in [1.82, 2.24) is 0 Å². The van der Waals surface area contributed by atoms with Gasteiger partial charge in [0.2, 0.25) is 5.91 Å². The van der Waals surface area contributed by atoms with Crippen LogP contribution in [0.15, 0.2) is 71.3 Å². The monoisotopic (exact) mass is 346 g/mol. The number of nitrogens with one attached hydrogen (secondary N) is 1. The number of carbonyl (C=O) groups is 1. The highest BCUT2D eigenvalue weighted by Crippen LogP contribution is 2.30. The molecule has 6 nitrogen and oxygen atoms in total. The van der Waals surface area contributed by atoms with Crippen LogP contribution in [0.25, 0.3) is 21.7 Å². The molecular weight excluding hydrogens is 332 g/mol. The number of hydrogen-bond acceptors (Lipinski definition) is 4. The first-order valence-electron chi connectivity index (χ1n) is 8.04. The maximum Gasteiger partial charge on any atom is 0.271 e. The molecule has 0 unspecified atom stereocenters. The minimum absolute atomic E-state index is 0.0671. The van der Waals surface area contributed by atoms with Crippen LogP contribution < -0.4 is 5.32 Å².